The van der Waals surface area contributed by atoms with E-state index in [1.807, 2.05) is 0 Å². The minimum atomic E-state index is -0.878. The highest BCUT2D eigenvalue weighted by Gasteiger charge is 2.47. The Morgan fingerprint density at radius 2 is 1.95 bits per heavy atom. The highest BCUT2D eigenvalue weighted by atomic mass is 16.6. The molecule has 0 aromatic carbocycles. The lowest BCUT2D eigenvalue weighted by Crippen LogP contribution is -2.46. The number of amides is 2. The molecule has 0 N–H and O–H groups in total. The van der Waals surface area contributed by atoms with E-state index in [0.717, 1.165) is 4.90 Å². The van der Waals surface area contributed by atoms with Crippen LogP contribution in [-0.2, 0) is 19.1 Å². The van der Waals surface area contributed by atoms with Gasteiger partial charge in [0.15, 0.2) is 0 Å². The summed E-state index contributed by atoms with van der Waals surface area (Å²) in [5.74, 6) is -1.35. The molecule has 1 fully saturated rings. The largest absolute Gasteiger partial charge is 0.464 e. The van der Waals surface area contributed by atoms with Crippen molar-refractivity contribution in [3.63, 3.8) is 0 Å². The van der Waals surface area contributed by atoms with Crippen molar-refractivity contribution in [1.29, 1.82) is 0 Å². The van der Waals surface area contributed by atoms with Gasteiger partial charge in [0, 0.05) is 5.92 Å². The first-order valence-electron chi connectivity index (χ1n) is 6.40. The van der Waals surface area contributed by atoms with E-state index in [-0.39, 0.29) is 18.9 Å². The van der Waals surface area contributed by atoms with Crippen LogP contribution in [0.25, 0.3) is 0 Å². The molecule has 1 unspecified atom stereocenters. The lowest BCUT2D eigenvalue weighted by Gasteiger charge is -2.26. The molecule has 6 nitrogen and oxygen atoms in total. The van der Waals surface area contributed by atoms with E-state index in [1.54, 1.807) is 34.6 Å². The van der Waals surface area contributed by atoms with Gasteiger partial charge in [0.05, 0.1) is 6.61 Å². The third kappa shape index (κ3) is 3.68. The summed E-state index contributed by atoms with van der Waals surface area (Å²) in [6, 6.07) is -0.878. The Balaban J connectivity index is 2.89. The third-order valence-corrected chi connectivity index (χ3v) is 2.70. The number of hydrogen-bond acceptors (Lipinski definition) is 5. The first-order chi connectivity index (χ1) is 8.67. The second-order valence-electron chi connectivity index (χ2n) is 5.59. The number of imide groups is 1. The highest BCUT2D eigenvalue weighted by Crippen LogP contribution is 2.27. The van der Waals surface area contributed by atoms with E-state index >= 15 is 0 Å². The normalized spacial score (nSPS) is 23.4. The van der Waals surface area contributed by atoms with Gasteiger partial charge in [0.2, 0.25) is 5.91 Å². The number of ether oxygens (including phenoxy) is 2. The molecule has 0 aliphatic carbocycles. The van der Waals surface area contributed by atoms with Crippen molar-refractivity contribution in [2.75, 3.05) is 6.61 Å². The summed E-state index contributed by atoms with van der Waals surface area (Å²) in [5, 5.41) is 0. The summed E-state index contributed by atoms with van der Waals surface area (Å²) in [5.41, 5.74) is -0.720. The molecule has 1 saturated heterocycles. The Hall–Kier alpha value is -1.59. The van der Waals surface area contributed by atoms with Crippen LogP contribution in [0.2, 0.25) is 0 Å². The van der Waals surface area contributed by atoms with Gasteiger partial charge in [-0.05, 0) is 34.1 Å². The number of carbonyl (C=O) groups is 3. The number of rotatable bonds is 2. The van der Waals surface area contributed by atoms with Crippen LogP contribution >= 0.6 is 0 Å². The van der Waals surface area contributed by atoms with Gasteiger partial charge in [-0.3, -0.25) is 4.79 Å². The van der Waals surface area contributed by atoms with Gasteiger partial charge in [0.1, 0.15) is 11.6 Å². The standard InChI is InChI=1S/C13H21NO5/c1-6-18-11(16)9-7-8(2)10(15)14(9)12(17)19-13(3,4)5/h8-9H,6-7H2,1-5H3/t8?,9-/m0/s1. The molecule has 0 spiro atoms. The zero-order valence-corrected chi connectivity index (χ0v) is 12.1. The maximum Gasteiger partial charge on any atom is 0.417 e. The first-order valence-corrected chi connectivity index (χ1v) is 6.40. The average molecular weight is 271 g/mol. The second-order valence-corrected chi connectivity index (χ2v) is 5.59. The molecule has 0 aromatic rings. The van der Waals surface area contributed by atoms with Crippen LogP contribution in [-0.4, -0.2) is 41.1 Å². The summed E-state index contributed by atoms with van der Waals surface area (Å²) < 4.78 is 10.0. The van der Waals surface area contributed by atoms with Crippen LogP contribution in [0.4, 0.5) is 4.79 Å². The maximum atomic E-state index is 12.0. The Morgan fingerprint density at radius 3 is 2.42 bits per heavy atom. The molecule has 19 heavy (non-hydrogen) atoms. The van der Waals surface area contributed by atoms with Crippen LogP contribution < -0.4 is 0 Å². The molecule has 0 saturated carbocycles. The molecule has 1 rings (SSSR count). The average Bonchev–Trinajstić information content (AvgIpc) is 2.53. The summed E-state index contributed by atoms with van der Waals surface area (Å²) in [6.07, 6.45) is -0.517. The monoisotopic (exact) mass is 271 g/mol. The predicted molar refractivity (Wildman–Crippen MR) is 67.3 cm³/mol. The Morgan fingerprint density at radius 1 is 1.37 bits per heavy atom. The zero-order valence-electron chi connectivity index (χ0n) is 12.1. The molecular formula is C13H21NO5. The highest BCUT2D eigenvalue weighted by molar-refractivity contribution is 6.00. The van der Waals surface area contributed by atoms with E-state index in [9.17, 15) is 14.4 Å². The lowest BCUT2D eigenvalue weighted by molar-refractivity contribution is -0.151. The fraction of sp³-hybridized carbons (Fsp3) is 0.769. The van der Waals surface area contributed by atoms with Crippen LogP contribution in [0.3, 0.4) is 0 Å². The van der Waals surface area contributed by atoms with Crippen molar-refractivity contribution in [3.8, 4) is 0 Å². The summed E-state index contributed by atoms with van der Waals surface area (Å²) >= 11 is 0. The summed E-state index contributed by atoms with van der Waals surface area (Å²) in [7, 11) is 0. The van der Waals surface area contributed by atoms with Crippen molar-refractivity contribution in [2.45, 2.75) is 52.7 Å². The van der Waals surface area contributed by atoms with Gasteiger partial charge in [-0.2, -0.15) is 0 Å². The van der Waals surface area contributed by atoms with E-state index in [1.165, 1.54) is 0 Å². The SMILES string of the molecule is CCOC(=O)[C@@H]1CC(C)C(=O)N1C(=O)OC(C)(C)C. The van der Waals surface area contributed by atoms with Crippen molar-refractivity contribution in [3.05, 3.63) is 0 Å². The molecule has 0 bridgehead atoms. The van der Waals surface area contributed by atoms with Crippen LogP contribution in [0.15, 0.2) is 0 Å². The second kappa shape index (κ2) is 5.59. The Kier molecular flexibility index (Phi) is 4.55. The fourth-order valence-corrected chi connectivity index (χ4v) is 1.90. The molecule has 2 atom stereocenters. The van der Waals surface area contributed by atoms with E-state index < -0.39 is 29.6 Å². The quantitative estimate of drug-likeness (QED) is 0.715. The Labute approximate surface area is 113 Å². The molecule has 1 aliphatic rings. The van der Waals surface area contributed by atoms with Crippen LogP contribution in [0, 0.1) is 5.92 Å². The third-order valence-electron chi connectivity index (χ3n) is 2.70. The topological polar surface area (TPSA) is 72.9 Å². The van der Waals surface area contributed by atoms with Crippen molar-refractivity contribution >= 4 is 18.0 Å². The molecule has 108 valence electrons. The molecule has 6 heteroatoms. The predicted octanol–water partition coefficient (Wildman–Crippen LogP) is 1.72. The molecule has 0 aromatic heterocycles. The van der Waals surface area contributed by atoms with Gasteiger partial charge in [-0.25, -0.2) is 14.5 Å². The fourth-order valence-electron chi connectivity index (χ4n) is 1.90. The smallest absolute Gasteiger partial charge is 0.417 e. The summed E-state index contributed by atoms with van der Waals surface area (Å²) in [6.45, 7) is 8.67. The van der Waals surface area contributed by atoms with Gasteiger partial charge < -0.3 is 9.47 Å². The molecule has 1 aliphatic heterocycles. The van der Waals surface area contributed by atoms with E-state index in [4.69, 9.17) is 9.47 Å². The number of nitrogens with zero attached hydrogens (tertiary/aromatic N) is 1. The minimum absolute atomic E-state index is 0.208. The number of likely N-dealkylation sites (tertiary alicyclic amines) is 1. The van der Waals surface area contributed by atoms with Gasteiger partial charge in [-0.1, -0.05) is 6.92 Å². The van der Waals surface area contributed by atoms with Gasteiger partial charge in [-0.15, -0.1) is 0 Å². The summed E-state index contributed by atoms with van der Waals surface area (Å²) in [4.78, 5) is 36.7. The Bertz CT molecular complexity index is 385. The number of carbonyl (C=O) groups excluding carboxylic acids is 3. The van der Waals surface area contributed by atoms with Crippen LogP contribution in [0.5, 0.6) is 0 Å². The number of esters is 1. The van der Waals surface area contributed by atoms with Crippen molar-refractivity contribution < 1.29 is 23.9 Å². The number of hydrogen-bond donors (Lipinski definition) is 0. The van der Waals surface area contributed by atoms with Crippen LogP contribution in [0.1, 0.15) is 41.0 Å². The molecule has 0 radical (unpaired) electrons. The zero-order chi connectivity index (χ0) is 14.8. The molecule has 1 heterocycles. The lowest BCUT2D eigenvalue weighted by atomic mass is 10.1. The van der Waals surface area contributed by atoms with Gasteiger partial charge in [0.25, 0.3) is 0 Å². The van der Waals surface area contributed by atoms with Gasteiger partial charge >= 0.3 is 12.1 Å². The van der Waals surface area contributed by atoms with Crippen molar-refractivity contribution in [1.82, 2.24) is 4.90 Å². The van der Waals surface area contributed by atoms with E-state index in [0.29, 0.717) is 0 Å². The molecule has 2 amide bonds. The first kappa shape index (κ1) is 15.5. The maximum absolute atomic E-state index is 12.0. The van der Waals surface area contributed by atoms with E-state index in [2.05, 4.69) is 0 Å². The molecular weight excluding hydrogens is 250 g/mol. The van der Waals surface area contributed by atoms with Crippen molar-refractivity contribution in [2.24, 2.45) is 5.92 Å². The minimum Gasteiger partial charge on any atom is -0.464 e.